The fourth-order valence-corrected chi connectivity index (χ4v) is 0.966. The Bertz CT molecular complexity index is 103. The predicted molar refractivity (Wildman–Crippen MR) is 42.1 cm³/mol. The molecule has 0 aromatic heterocycles. The van der Waals surface area contributed by atoms with Gasteiger partial charge in [-0.15, -0.1) is 0 Å². The van der Waals surface area contributed by atoms with E-state index in [9.17, 15) is 0 Å². The molecule has 0 unspecified atom stereocenters. The van der Waals surface area contributed by atoms with Gasteiger partial charge in [-0.2, -0.15) is 0 Å². The van der Waals surface area contributed by atoms with Crippen molar-refractivity contribution in [3.8, 4) is 0 Å². The summed E-state index contributed by atoms with van der Waals surface area (Å²) in [6.45, 7) is 4.97. The molecule has 0 saturated carbocycles. The molecule has 0 aliphatic rings. The highest BCUT2D eigenvalue weighted by Gasteiger charge is 1.93. The third kappa shape index (κ3) is 4.40. The maximum Gasteiger partial charge on any atom is 0.232 e. The van der Waals surface area contributed by atoms with Gasteiger partial charge in [0.2, 0.25) is 9.76 Å². The van der Waals surface area contributed by atoms with Gasteiger partial charge in [-0.3, -0.25) is 0 Å². The topological polar surface area (TPSA) is 38.7 Å². The lowest BCUT2D eigenvalue weighted by Gasteiger charge is -2.03. The van der Waals surface area contributed by atoms with Crippen LogP contribution in [0.15, 0.2) is 11.6 Å². The third-order valence-electron chi connectivity index (χ3n) is 0.867. The van der Waals surface area contributed by atoms with Crippen LogP contribution in [0.25, 0.3) is 0 Å². The Morgan fingerprint density at radius 3 is 2.60 bits per heavy atom. The Morgan fingerprint density at radius 1 is 1.50 bits per heavy atom. The van der Waals surface area contributed by atoms with Crippen LogP contribution in [0.5, 0.6) is 0 Å². The van der Waals surface area contributed by atoms with Gasteiger partial charge in [0.15, 0.2) is 0 Å². The maximum absolute atomic E-state index is 8.75. The second kappa shape index (κ2) is 6.63. The molecule has 0 atom stereocenters. The van der Waals surface area contributed by atoms with Crippen LogP contribution in [0.3, 0.4) is 0 Å². The first-order chi connectivity index (χ1) is 4.85. The highest BCUT2D eigenvalue weighted by atomic mass is 28.2. The maximum atomic E-state index is 8.75. The molecule has 0 aliphatic carbocycles. The summed E-state index contributed by atoms with van der Waals surface area (Å²) in [7, 11) is -1.19. The van der Waals surface area contributed by atoms with Crippen molar-refractivity contribution in [2.45, 2.75) is 13.8 Å². The second-order valence-electron chi connectivity index (χ2n) is 1.63. The fourth-order valence-electron chi connectivity index (χ4n) is 0.479. The SMILES string of the molecule is CCOC=C(OCC)[SiH2]O. The molecule has 60 valence electrons. The van der Waals surface area contributed by atoms with Gasteiger partial charge in [0.25, 0.3) is 0 Å². The van der Waals surface area contributed by atoms with Crippen molar-refractivity contribution in [3.63, 3.8) is 0 Å². The molecular weight excluding hydrogens is 148 g/mol. The second-order valence-corrected chi connectivity index (χ2v) is 2.64. The zero-order valence-electron chi connectivity index (χ0n) is 6.46. The molecular formula is C6H14O3Si. The molecule has 0 bridgehead atoms. The monoisotopic (exact) mass is 162 g/mol. The highest BCUT2D eigenvalue weighted by molar-refractivity contribution is 6.35. The first-order valence-corrected chi connectivity index (χ1v) is 4.73. The van der Waals surface area contributed by atoms with Gasteiger partial charge in [-0.25, -0.2) is 0 Å². The minimum absolute atomic E-state index is 0.590. The van der Waals surface area contributed by atoms with Gasteiger partial charge in [0.05, 0.1) is 13.2 Å². The van der Waals surface area contributed by atoms with Crippen LogP contribution in [0.2, 0.25) is 0 Å². The van der Waals surface area contributed by atoms with Crippen LogP contribution in [0, 0.1) is 0 Å². The summed E-state index contributed by atoms with van der Waals surface area (Å²) in [6, 6.07) is 0. The van der Waals surface area contributed by atoms with E-state index in [-0.39, 0.29) is 0 Å². The van der Waals surface area contributed by atoms with Crippen molar-refractivity contribution in [2.24, 2.45) is 0 Å². The smallest absolute Gasteiger partial charge is 0.232 e. The molecule has 0 fully saturated rings. The van der Waals surface area contributed by atoms with E-state index in [4.69, 9.17) is 14.3 Å². The molecule has 0 aromatic carbocycles. The van der Waals surface area contributed by atoms with E-state index in [1.165, 1.54) is 6.26 Å². The fraction of sp³-hybridized carbons (Fsp3) is 0.667. The van der Waals surface area contributed by atoms with Crippen LogP contribution in [0.4, 0.5) is 0 Å². The van der Waals surface area contributed by atoms with Crippen molar-refractivity contribution in [1.29, 1.82) is 0 Å². The zero-order valence-corrected chi connectivity index (χ0v) is 7.88. The summed E-state index contributed by atoms with van der Waals surface area (Å²) in [5.41, 5.74) is 0. The minimum Gasteiger partial charge on any atom is -0.498 e. The lowest BCUT2D eigenvalue weighted by atomic mass is 10.8. The van der Waals surface area contributed by atoms with Crippen molar-refractivity contribution in [3.05, 3.63) is 11.6 Å². The highest BCUT2D eigenvalue weighted by Crippen LogP contribution is 1.93. The molecule has 3 nitrogen and oxygen atoms in total. The van der Waals surface area contributed by atoms with Gasteiger partial charge in [-0.1, -0.05) is 0 Å². The van der Waals surface area contributed by atoms with Gasteiger partial charge in [0.1, 0.15) is 11.6 Å². The Labute approximate surface area is 63.6 Å². The minimum atomic E-state index is -1.19. The van der Waals surface area contributed by atoms with Crippen LogP contribution in [-0.4, -0.2) is 27.8 Å². The molecule has 10 heavy (non-hydrogen) atoms. The standard InChI is InChI=1S/C6H14O3Si/c1-3-8-5-6(10-7)9-4-2/h5,7H,3-4,10H2,1-2H3. The van der Waals surface area contributed by atoms with Gasteiger partial charge in [-0.05, 0) is 13.8 Å². The number of hydrogen-bond acceptors (Lipinski definition) is 3. The molecule has 0 rings (SSSR count). The summed E-state index contributed by atoms with van der Waals surface area (Å²) in [5.74, 6) is 0. The summed E-state index contributed by atoms with van der Waals surface area (Å²) < 4.78 is 9.97. The summed E-state index contributed by atoms with van der Waals surface area (Å²) in [4.78, 5) is 8.75. The van der Waals surface area contributed by atoms with Gasteiger partial charge < -0.3 is 14.3 Å². The van der Waals surface area contributed by atoms with E-state index in [2.05, 4.69) is 0 Å². The van der Waals surface area contributed by atoms with Crippen LogP contribution >= 0.6 is 0 Å². The Morgan fingerprint density at radius 2 is 2.20 bits per heavy atom. The first kappa shape index (κ1) is 9.52. The average molecular weight is 162 g/mol. The molecule has 0 aromatic rings. The van der Waals surface area contributed by atoms with E-state index in [1.54, 1.807) is 0 Å². The Hall–Kier alpha value is -0.483. The van der Waals surface area contributed by atoms with Gasteiger partial charge >= 0.3 is 0 Å². The summed E-state index contributed by atoms with van der Waals surface area (Å²) in [5, 5.41) is 0.615. The van der Waals surface area contributed by atoms with Crippen LogP contribution < -0.4 is 0 Å². The van der Waals surface area contributed by atoms with Crippen LogP contribution in [0.1, 0.15) is 13.8 Å². The third-order valence-corrected chi connectivity index (χ3v) is 1.55. The molecule has 0 aliphatic heterocycles. The van der Waals surface area contributed by atoms with E-state index >= 15 is 0 Å². The Balaban J connectivity index is 3.55. The van der Waals surface area contributed by atoms with E-state index in [1.807, 2.05) is 13.8 Å². The first-order valence-electron chi connectivity index (χ1n) is 3.39. The Kier molecular flexibility index (Phi) is 6.31. The molecule has 0 radical (unpaired) electrons. The summed E-state index contributed by atoms with van der Waals surface area (Å²) >= 11 is 0. The quantitative estimate of drug-likeness (QED) is 0.454. The largest absolute Gasteiger partial charge is 0.498 e. The molecule has 0 saturated heterocycles. The van der Waals surface area contributed by atoms with E-state index in [0.29, 0.717) is 18.6 Å². The number of hydrogen-bond donors (Lipinski definition) is 1. The lowest BCUT2D eigenvalue weighted by molar-refractivity contribution is 0.206. The van der Waals surface area contributed by atoms with Gasteiger partial charge in [0, 0.05) is 0 Å². The number of ether oxygens (including phenoxy) is 2. The zero-order chi connectivity index (χ0) is 7.82. The predicted octanol–water partition coefficient (Wildman–Crippen LogP) is -0.0656. The van der Waals surface area contributed by atoms with E-state index < -0.39 is 9.76 Å². The molecule has 0 heterocycles. The van der Waals surface area contributed by atoms with Crippen molar-refractivity contribution in [1.82, 2.24) is 0 Å². The average Bonchev–Trinajstić information content (AvgIpc) is 1.98. The molecule has 4 heteroatoms. The summed E-state index contributed by atoms with van der Waals surface area (Å²) in [6.07, 6.45) is 1.50. The van der Waals surface area contributed by atoms with Crippen LogP contribution in [-0.2, 0) is 9.47 Å². The van der Waals surface area contributed by atoms with E-state index in [0.717, 1.165) is 0 Å². The molecule has 1 N–H and O–H groups in total. The molecule has 0 spiro atoms. The molecule has 0 amide bonds. The van der Waals surface area contributed by atoms with Crippen molar-refractivity contribution >= 4 is 9.76 Å². The van der Waals surface area contributed by atoms with Crippen molar-refractivity contribution < 1.29 is 14.3 Å². The van der Waals surface area contributed by atoms with Crippen molar-refractivity contribution in [2.75, 3.05) is 13.2 Å². The normalized spacial score (nSPS) is 12.5. The number of rotatable bonds is 5. The lowest BCUT2D eigenvalue weighted by Crippen LogP contribution is -2.01.